The van der Waals surface area contributed by atoms with Gasteiger partial charge in [-0.25, -0.2) is 0 Å². The molecule has 3 saturated carbocycles. The van der Waals surface area contributed by atoms with Gasteiger partial charge in [0.25, 0.3) is 0 Å². The highest BCUT2D eigenvalue weighted by Gasteiger charge is 2.66. The molecule has 7 atom stereocenters. The Kier molecular flexibility index (Phi) is 3.44. The second kappa shape index (κ2) is 4.97. The molecule has 0 spiro atoms. The maximum atomic E-state index is 12.7. The van der Waals surface area contributed by atoms with Crippen LogP contribution in [0.3, 0.4) is 0 Å². The van der Waals surface area contributed by atoms with Gasteiger partial charge < -0.3 is 9.84 Å². The van der Waals surface area contributed by atoms with Crippen LogP contribution in [0.1, 0.15) is 72.1 Å². The van der Waals surface area contributed by atoms with Crippen LogP contribution in [0.2, 0.25) is 0 Å². The normalized spacial score (nSPS) is 55.6. The summed E-state index contributed by atoms with van der Waals surface area (Å²) in [6, 6.07) is 0. The Hall–Kier alpha value is -0.570. The Balaban J connectivity index is 1.72. The van der Waals surface area contributed by atoms with Crippen molar-refractivity contribution >= 4 is 5.97 Å². The summed E-state index contributed by atoms with van der Waals surface area (Å²) in [4.78, 5) is 12.7. The minimum absolute atomic E-state index is 0.0759. The zero-order valence-corrected chi connectivity index (χ0v) is 14.9. The lowest BCUT2D eigenvalue weighted by molar-refractivity contribution is -0.210. The maximum Gasteiger partial charge on any atom is 0.312 e. The Bertz CT molecular complexity index is 517. The fourth-order valence-corrected chi connectivity index (χ4v) is 7.49. The van der Waals surface area contributed by atoms with E-state index in [1.807, 2.05) is 0 Å². The molecule has 4 fully saturated rings. The molecule has 0 aromatic rings. The Labute approximate surface area is 140 Å². The van der Waals surface area contributed by atoms with Crippen molar-refractivity contribution in [2.24, 2.45) is 34.0 Å². The van der Waals surface area contributed by atoms with Crippen molar-refractivity contribution in [2.75, 3.05) is 6.61 Å². The minimum atomic E-state index is -0.253. The molecular weight excluding hydrogens is 288 g/mol. The summed E-state index contributed by atoms with van der Waals surface area (Å²) >= 11 is 0. The number of aliphatic hydroxyl groups is 1. The van der Waals surface area contributed by atoms with Crippen LogP contribution < -0.4 is 0 Å². The van der Waals surface area contributed by atoms with Crippen LogP contribution in [0.4, 0.5) is 0 Å². The summed E-state index contributed by atoms with van der Waals surface area (Å²) in [5.74, 6) is 2.06. The van der Waals surface area contributed by atoms with Crippen molar-refractivity contribution in [3.8, 4) is 0 Å². The molecule has 4 rings (SSSR count). The average molecular weight is 320 g/mol. The van der Waals surface area contributed by atoms with Crippen LogP contribution in [0.5, 0.6) is 0 Å². The van der Waals surface area contributed by atoms with Gasteiger partial charge in [0, 0.05) is 0 Å². The molecule has 0 amide bonds. The van der Waals surface area contributed by atoms with Gasteiger partial charge in [0.1, 0.15) is 0 Å². The van der Waals surface area contributed by atoms with Gasteiger partial charge in [0.15, 0.2) is 0 Å². The standard InChI is InChI=1S/C20H32O3/c1-4-20-10-7-13-14-5-6-16(21)18(14,2)9-8-15(13)19(20,3)11-12-23-17(20)22/h13-16,21H,4-12H2,1-3H3/t13?,14?,15?,16-,18-,19+,20-/m0/s1. The van der Waals surface area contributed by atoms with E-state index < -0.39 is 0 Å². The van der Waals surface area contributed by atoms with E-state index in [4.69, 9.17) is 4.74 Å². The monoisotopic (exact) mass is 320 g/mol. The molecule has 1 N–H and O–H groups in total. The van der Waals surface area contributed by atoms with Crippen molar-refractivity contribution in [3.63, 3.8) is 0 Å². The topological polar surface area (TPSA) is 46.5 Å². The number of rotatable bonds is 1. The Morgan fingerprint density at radius 2 is 1.87 bits per heavy atom. The molecule has 0 aromatic carbocycles. The van der Waals surface area contributed by atoms with Crippen LogP contribution in [-0.2, 0) is 9.53 Å². The van der Waals surface area contributed by atoms with Crippen LogP contribution >= 0.6 is 0 Å². The van der Waals surface area contributed by atoms with Crippen molar-refractivity contribution in [1.82, 2.24) is 0 Å². The number of hydrogen-bond acceptors (Lipinski definition) is 3. The van der Waals surface area contributed by atoms with Gasteiger partial charge in [0.05, 0.1) is 18.1 Å². The van der Waals surface area contributed by atoms with E-state index >= 15 is 0 Å². The van der Waals surface area contributed by atoms with E-state index in [0.717, 1.165) is 38.5 Å². The lowest BCUT2D eigenvalue weighted by atomic mass is 9.41. The number of carbonyl (C=O) groups is 1. The van der Waals surface area contributed by atoms with Crippen molar-refractivity contribution in [2.45, 2.75) is 78.2 Å². The second-order valence-corrected chi connectivity index (χ2v) is 9.29. The lowest BCUT2D eigenvalue weighted by Gasteiger charge is -2.63. The Morgan fingerprint density at radius 3 is 2.61 bits per heavy atom. The van der Waals surface area contributed by atoms with E-state index in [-0.39, 0.29) is 28.3 Å². The molecule has 3 aliphatic carbocycles. The van der Waals surface area contributed by atoms with Crippen LogP contribution in [-0.4, -0.2) is 23.8 Å². The highest BCUT2D eigenvalue weighted by molar-refractivity contribution is 5.79. The quantitative estimate of drug-likeness (QED) is 0.745. The summed E-state index contributed by atoms with van der Waals surface area (Å²) in [5, 5.41) is 10.5. The molecule has 3 heteroatoms. The zero-order valence-electron chi connectivity index (χ0n) is 14.9. The summed E-state index contributed by atoms with van der Waals surface area (Å²) in [5.41, 5.74) is -0.0365. The van der Waals surface area contributed by atoms with Crippen LogP contribution in [0, 0.1) is 34.0 Å². The summed E-state index contributed by atoms with van der Waals surface area (Å²) in [7, 11) is 0. The molecule has 3 unspecified atom stereocenters. The van der Waals surface area contributed by atoms with E-state index in [0.29, 0.717) is 24.4 Å². The molecule has 1 saturated heterocycles. The average Bonchev–Trinajstić information content (AvgIpc) is 2.83. The van der Waals surface area contributed by atoms with Gasteiger partial charge in [-0.2, -0.15) is 0 Å². The van der Waals surface area contributed by atoms with Gasteiger partial charge >= 0.3 is 5.97 Å². The fourth-order valence-electron chi connectivity index (χ4n) is 7.49. The fraction of sp³-hybridized carbons (Fsp3) is 0.950. The summed E-state index contributed by atoms with van der Waals surface area (Å²) in [6.07, 6.45) is 8.43. The molecule has 23 heavy (non-hydrogen) atoms. The van der Waals surface area contributed by atoms with E-state index in [2.05, 4.69) is 20.8 Å². The first kappa shape index (κ1) is 15.9. The van der Waals surface area contributed by atoms with Crippen LogP contribution in [0.15, 0.2) is 0 Å². The molecule has 0 aromatic heterocycles. The maximum absolute atomic E-state index is 12.7. The van der Waals surface area contributed by atoms with E-state index in [1.54, 1.807) is 0 Å². The predicted octanol–water partition coefficient (Wildman–Crippen LogP) is 3.93. The number of cyclic esters (lactones) is 1. The minimum Gasteiger partial charge on any atom is -0.465 e. The third-order valence-corrected chi connectivity index (χ3v) is 9.05. The molecule has 0 radical (unpaired) electrons. The number of ether oxygens (including phenoxy) is 1. The van der Waals surface area contributed by atoms with Gasteiger partial charge in [-0.3, -0.25) is 4.79 Å². The molecule has 4 aliphatic rings. The first-order chi connectivity index (χ1) is 10.9. The lowest BCUT2D eigenvalue weighted by Crippen LogP contribution is -2.61. The highest BCUT2D eigenvalue weighted by Crippen LogP contribution is 2.69. The number of fused-ring (bicyclic) bond motifs is 5. The summed E-state index contributed by atoms with van der Waals surface area (Å²) in [6.45, 7) is 7.49. The third-order valence-electron chi connectivity index (χ3n) is 9.05. The number of hydrogen-bond donors (Lipinski definition) is 1. The highest BCUT2D eigenvalue weighted by atomic mass is 16.5. The van der Waals surface area contributed by atoms with E-state index in [1.165, 1.54) is 12.8 Å². The molecule has 1 heterocycles. The Morgan fingerprint density at radius 1 is 1.09 bits per heavy atom. The SMILES string of the molecule is CC[C@@]12CCC3C4CC[C@H](O)[C@@]4(C)CCC3[C@@]1(C)CCOC2=O. The van der Waals surface area contributed by atoms with Crippen molar-refractivity contribution in [3.05, 3.63) is 0 Å². The van der Waals surface area contributed by atoms with E-state index in [9.17, 15) is 9.90 Å². The number of carbonyl (C=O) groups excluding carboxylic acids is 1. The van der Waals surface area contributed by atoms with Crippen LogP contribution in [0.25, 0.3) is 0 Å². The summed E-state index contributed by atoms with van der Waals surface area (Å²) < 4.78 is 5.53. The molecular formula is C20H32O3. The predicted molar refractivity (Wildman–Crippen MR) is 88.7 cm³/mol. The van der Waals surface area contributed by atoms with Gasteiger partial charge in [0.2, 0.25) is 0 Å². The van der Waals surface area contributed by atoms with Gasteiger partial charge in [-0.1, -0.05) is 20.8 Å². The second-order valence-electron chi connectivity index (χ2n) is 9.29. The van der Waals surface area contributed by atoms with Gasteiger partial charge in [-0.05, 0) is 80.0 Å². The number of aliphatic hydroxyl groups excluding tert-OH is 1. The largest absolute Gasteiger partial charge is 0.465 e. The zero-order chi connectivity index (χ0) is 16.5. The molecule has 1 aliphatic heterocycles. The molecule has 3 nitrogen and oxygen atoms in total. The smallest absolute Gasteiger partial charge is 0.312 e. The third kappa shape index (κ3) is 1.78. The van der Waals surface area contributed by atoms with Gasteiger partial charge in [-0.15, -0.1) is 0 Å². The first-order valence-electron chi connectivity index (χ1n) is 9.74. The molecule has 130 valence electrons. The number of esters is 1. The molecule has 0 bridgehead atoms. The first-order valence-corrected chi connectivity index (χ1v) is 9.74. The van der Waals surface area contributed by atoms with Crippen molar-refractivity contribution in [1.29, 1.82) is 0 Å². The van der Waals surface area contributed by atoms with Crippen molar-refractivity contribution < 1.29 is 14.6 Å².